The lowest BCUT2D eigenvalue weighted by molar-refractivity contribution is -0.134. The number of aryl methyl sites for hydroxylation is 2. The molecule has 1 amide bonds. The van der Waals surface area contributed by atoms with E-state index in [1.165, 1.54) is 22.2 Å². The second kappa shape index (κ2) is 8.37. The van der Waals surface area contributed by atoms with E-state index in [1.807, 2.05) is 4.90 Å². The number of hydrogen-bond donors (Lipinski definition) is 1. The van der Waals surface area contributed by atoms with Crippen molar-refractivity contribution < 1.29 is 14.3 Å². The summed E-state index contributed by atoms with van der Waals surface area (Å²) in [7, 11) is 0. The van der Waals surface area contributed by atoms with Gasteiger partial charge < -0.3 is 19.4 Å². The number of likely N-dealkylation sites (tertiary alicyclic amines) is 1. The molecule has 2 aromatic heterocycles. The van der Waals surface area contributed by atoms with Crippen LogP contribution in [0.15, 0.2) is 4.79 Å². The lowest BCUT2D eigenvalue weighted by Gasteiger charge is -2.33. The number of H-pyrrole nitrogens is 1. The molecule has 7 nitrogen and oxygen atoms in total. The van der Waals surface area contributed by atoms with Gasteiger partial charge in [-0.05, 0) is 37.7 Å². The fourth-order valence-electron chi connectivity index (χ4n) is 4.51. The molecule has 1 aliphatic carbocycles. The molecule has 0 spiro atoms. The van der Waals surface area contributed by atoms with E-state index in [2.05, 4.69) is 9.97 Å². The lowest BCUT2D eigenvalue weighted by atomic mass is 9.96. The molecule has 2 saturated heterocycles. The van der Waals surface area contributed by atoms with Gasteiger partial charge in [0.05, 0.1) is 30.1 Å². The van der Waals surface area contributed by atoms with E-state index in [9.17, 15) is 9.59 Å². The number of aromatic amines is 1. The Morgan fingerprint density at radius 3 is 2.83 bits per heavy atom. The number of rotatable bonds is 5. The number of nitrogens with zero attached hydrogens (tertiary/aromatic N) is 2. The smallest absolute Gasteiger partial charge is 0.259 e. The predicted molar refractivity (Wildman–Crippen MR) is 113 cm³/mol. The number of fused-ring (bicyclic) bond motifs is 3. The molecule has 9 heteroatoms. The number of thioether (sulfide) groups is 1. The highest BCUT2D eigenvalue weighted by Crippen LogP contribution is 2.34. The third kappa shape index (κ3) is 3.97. The van der Waals surface area contributed by atoms with Crippen LogP contribution in [0.3, 0.4) is 0 Å². The van der Waals surface area contributed by atoms with E-state index in [0.717, 1.165) is 55.4 Å². The summed E-state index contributed by atoms with van der Waals surface area (Å²) < 4.78 is 11.2. The zero-order chi connectivity index (χ0) is 19.8. The highest BCUT2D eigenvalue weighted by Gasteiger charge is 2.31. The van der Waals surface area contributed by atoms with Crippen LogP contribution in [0, 0.1) is 5.92 Å². The largest absolute Gasteiger partial charge is 0.350 e. The van der Waals surface area contributed by atoms with Crippen LogP contribution in [0.2, 0.25) is 0 Å². The van der Waals surface area contributed by atoms with Crippen molar-refractivity contribution in [2.24, 2.45) is 5.92 Å². The first-order valence-electron chi connectivity index (χ1n) is 10.3. The fraction of sp³-hybridized carbons (Fsp3) is 0.650. The van der Waals surface area contributed by atoms with E-state index >= 15 is 0 Å². The average molecular weight is 436 g/mol. The number of thiophene rings is 1. The van der Waals surface area contributed by atoms with Crippen LogP contribution in [-0.4, -0.2) is 59.1 Å². The molecule has 0 unspecified atom stereocenters. The zero-order valence-corrected chi connectivity index (χ0v) is 17.9. The van der Waals surface area contributed by atoms with E-state index < -0.39 is 0 Å². The fourth-order valence-corrected chi connectivity index (χ4v) is 6.58. The van der Waals surface area contributed by atoms with Gasteiger partial charge in [0.2, 0.25) is 5.91 Å². The van der Waals surface area contributed by atoms with Gasteiger partial charge in [-0.2, -0.15) is 0 Å². The topological polar surface area (TPSA) is 84.5 Å². The Labute approximate surface area is 177 Å². The molecule has 5 rings (SSSR count). The van der Waals surface area contributed by atoms with Gasteiger partial charge in [0.25, 0.3) is 5.56 Å². The van der Waals surface area contributed by atoms with Gasteiger partial charge in [-0.15, -0.1) is 23.1 Å². The number of aromatic nitrogens is 2. The first-order valence-corrected chi connectivity index (χ1v) is 12.3. The Balaban J connectivity index is 1.13. The summed E-state index contributed by atoms with van der Waals surface area (Å²) in [6, 6.07) is 0. The van der Waals surface area contributed by atoms with Crippen LogP contribution in [-0.2, 0) is 32.9 Å². The first kappa shape index (κ1) is 19.5. The average Bonchev–Trinajstić information content (AvgIpc) is 3.45. The minimum Gasteiger partial charge on any atom is -0.350 e. The maximum absolute atomic E-state index is 12.5. The van der Waals surface area contributed by atoms with Crippen LogP contribution in [0.25, 0.3) is 10.2 Å². The number of carbonyl (C=O) groups is 1. The van der Waals surface area contributed by atoms with Crippen molar-refractivity contribution in [2.75, 3.05) is 32.1 Å². The first-order chi connectivity index (χ1) is 14.2. The van der Waals surface area contributed by atoms with Crippen LogP contribution in [0.5, 0.6) is 0 Å². The Kier molecular flexibility index (Phi) is 5.64. The van der Waals surface area contributed by atoms with Gasteiger partial charge in [0.15, 0.2) is 6.29 Å². The normalized spacial score (nSPS) is 20.6. The highest BCUT2D eigenvalue weighted by atomic mass is 32.2. The minimum absolute atomic E-state index is 0.0326. The summed E-state index contributed by atoms with van der Waals surface area (Å²) in [6.07, 6.45) is 4.94. The quantitative estimate of drug-likeness (QED) is 0.776. The van der Waals surface area contributed by atoms with Crippen molar-refractivity contribution in [3.63, 3.8) is 0 Å². The Morgan fingerprint density at radius 2 is 2.03 bits per heavy atom. The van der Waals surface area contributed by atoms with Gasteiger partial charge in [-0.25, -0.2) is 4.98 Å². The molecule has 2 aromatic rings. The van der Waals surface area contributed by atoms with Crippen LogP contribution >= 0.6 is 23.1 Å². The van der Waals surface area contributed by atoms with Gasteiger partial charge in [-0.1, -0.05) is 0 Å². The van der Waals surface area contributed by atoms with Crippen LogP contribution in [0.1, 0.15) is 35.5 Å². The minimum atomic E-state index is -0.0851. The Morgan fingerprint density at radius 1 is 1.24 bits per heavy atom. The third-order valence-electron chi connectivity index (χ3n) is 6.01. The summed E-state index contributed by atoms with van der Waals surface area (Å²) >= 11 is 3.17. The van der Waals surface area contributed by atoms with E-state index in [0.29, 0.717) is 36.5 Å². The molecular formula is C20H25N3O4S2. The van der Waals surface area contributed by atoms with Crippen molar-refractivity contribution in [3.8, 4) is 0 Å². The van der Waals surface area contributed by atoms with Gasteiger partial charge in [0.1, 0.15) is 10.7 Å². The SMILES string of the molecule is O=C(CSCc1nc2sc3c(c2c(=O)[nH]1)CCC3)N1CCC(C2OCCO2)CC1. The number of amides is 1. The van der Waals surface area contributed by atoms with Crippen molar-refractivity contribution in [3.05, 3.63) is 26.6 Å². The molecular weight excluding hydrogens is 410 g/mol. The number of piperidine rings is 1. The monoisotopic (exact) mass is 435 g/mol. The highest BCUT2D eigenvalue weighted by molar-refractivity contribution is 7.99. The van der Waals surface area contributed by atoms with Crippen LogP contribution < -0.4 is 5.56 Å². The number of nitrogens with one attached hydrogen (secondary N) is 1. The van der Waals surface area contributed by atoms with Crippen molar-refractivity contribution in [2.45, 2.75) is 44.1 Å². The molecule has 156 valence electrons. The lowest BCUT2D eigenvalue weighted by Crippen LogP contribution is -2.42. The van der Waals surface area contributed by atoms with Crippen LogP contribution in [0.4, 0.5) is 0 Å². The third-order valence-corrected chi connectivity index (χ3v) is 8.13. The standard InChI is InChI=1S/C20H25N3O4S2/c24-16(23-6-4-12(5-7-23)20-26-8-9-27-20)11-28-10-15-21-18(25)17-13-2-1-3-14(13)29-19(17)22-15/h12,20H,1-11H2,(H,21,22,25). The molecule has 0 radical (unpaired) electrons. The molecule has 0 saturated carbocycles. The van der Waals surface area contributed by atoms with Gasteiger partial charge in [-0.3, -0.25) is 9.59 Å². The summed E-state index contributed by atoms with van der Waals surface area (Å²) in [5.74, 6) is 2.15. The zero-order valence-electron chi connectivity index (χ0n) is 16.3. The summed E-state index contributed by atoms with van der Waals surface area (Å²) in [5, 5.41) is 0.783. The maximum Gasteiger partial charge on any atom is 0.259 e. The van der Waals surface area contributed by atoms with E-state index in [-0.39, 0.29) is 17.8 Å². The summed E-state index contributed by atoms with van der Waals surface area (Å²) in [4.78, 5) is 36.7. The number of ether oxygens (including phenoxy) is 2. The Hall–Kier alpha value is -1.42. The molecule has 2 aliphatic heterocycles. The van der Waals surface area contributed by atoms with Crippen molar-refractivity contribution >= 4 is 39.2 Å². The van der Waals surface area contributed by atoms with E-state index in [4.69, 9.17) is 9.47 Å². The van der Waals surface area contributed by atoms with E-state index in [1.54, 1.807) is 11.3 Å². The second-order valence-corrected chi connectivity index (χ2v) is 9.94. The van der Waals surface area contributed by atoms with Gasteiger partial charge in [0, 0.05) is 23.9 Å². The predicted octanol–water partition coefficient (Wildman–Crippen LogP) is 2.32. The molecule has 1 N–H and O–H groups in total. The Bertz CT molecular complexity index is 959. The van der Waals surface area contributed by atoms with Crippen molar-refractivity contribution in [1.82, 2.24) is 14.9 Å². The summed E-state index contributed by atoms with van der Waals surface area (Å²) in [5.41, 5.74) is 1.17. The molecule has 4 heterocycles. The molecule has 0 aromatic carbocycles. The molecule has 29 heavy (non-hydrogen) atoms. The van der Waals surface area contributed by atoms with Crippen molar-refractivity contribution in [1.29, 1.82) is 0 Å². The number of carbonyl (C=O) groups excluding carboxylic acids is 1. The molecule has 0 atom stereocenters. The molecule has 0 bridgehead atoms. The van der Waals surface area contributed by atoms with Gasteiger partial charge >= 0.3 is 0 Å². The molecule has 3 aliphatic rings. The number of hydrogen-bond acceptors (Lipinski definition) is 7. The second-order valence-electron chi connectivity index (χ2n) is 7.87. The maximum atomic E-state index is 12.5. The molecule has 2 fully saturated rings. The summed E-state index contributed by atoms with van der Waals surface area (Å²) in [6.45, 7) is 2.87.